The van der Waals surface area contributed by atoms with Crippen molar-refractivity contribution in [2.24, 2.45) is 0 Å². The third-order valence-corrected chi connectivity index (χ3v) is 4.06. The number of pyridine rings is 1. The van der Waals surface area contributed by atoms with Crippen molar-refractivity contribution in [3.63, 3.8) is 0 Å². The van der Waals surface area contributed by atoms with E-state index in [1.807, 2.05) is 12.1 Å². The van der Waals surface area contributed by atoms with Crippen LogP contribution >= 0.6 is 11.3 Å². The summed E-state index contributed by atoms with van der Waals surface area (Å²) in [7, 11) is 0. The van der Waals surface area contributed by atoms with Gasteiger partial charge in [0.25, 0.3) is 5.91 Å². The Morgan fingerprint density at radius 2 is 2.20 bits per heavy atom. The van der Waals surface area contributed by atoms with E-state index in [1.165, 1.54) is 17.5 Å². The zero-order valence-corrected chi connectivity index (χ0v) is 11.3. The molecule has 1 aliphatic heterocycles. The number of nitrogens with one attached hydrogen (secondary N) is 2. The van der Waals surface area contributed by atoms with Crippen LogP contribution in [0.25, 0.3) is 10.6 Å². The monoisotopic (exact) mass is 288 g/mol. The number of rotatable bonds is 3. The molecule has 1 unspecified atom stereocenters. The predicted molar refractivity (Wildman–Crippen MR) is 74.2 cm³/mol. The van der Waals surface area contributed by atoms with Crippen LogP contribution in [0.2, 0.25) is 0 Å². The molecule has 0 radical (unpaired) electrons. The van der Waals surface area contributed by atoms with Crippen LogP contribution in [0.3, 0.4) is 0 Å². The van der Waals surface area contributed by atoms with E-state index in [0.717, 1.165) is 10.6 Å². The Kier molecular flexibility index (Phi) is 3.42. The first-order chi connectivity index (χ1) is 9.74. The minimum Gasteiger partial charge on any atom is -0.354 e. The minimum atomic E-state index is -0.436. The van der Waals surface area contributed by atoms with Gasteiger partial charge in [0.1, 0.15) is 15.9 Å². The van der Waals surface area contributed by atoms with Crippen LogP contribution in [-0.4, -0.2) is 34.4 Å². The Morgan fingerprint density at radius 1 is 1.40 bits per heavy atom. The van der Waals surface area contributed by atoms with Crippen molar-refractivity contribution in [3.05, 3.63) is 35.6 Å². The van der Waals surface area contributed by atoms with Gasteiger partial charge in [0, 0.05) is 24.5 Å². The molecule has 20 heavy (non-hydrogen) atoms. The molecule has 102 valence electrons. The molecule has 2 aromatic heterocycles. The molecule has 2 aromatic rings. The first kappa shape index (κ1) is 12.7. The fraction of sp³-hybridized carbons (Fsp3) is 0.231. The molecule has 1 aliphatic rings. The van der Waals surface area contributed by atoms with Crippen LogP contribution < -0.4 is 10.6 Å². The molecule has 6 nitrogen and oxygen atoms in total. The van der Waals surface area contributed by atoms with Gasteiger partial charge in [0.15, 0.2) is 0 Å². The van der Waals surface area contributed by atoms with Gasteiger partial charge >= 0.3 is 0 Å². The highest BCUT2D eigenvalue weighted by Gasteiger charge is 2.26. The van der Waals surface area contributed by atoms with Gasteiger partial charge in [-0.2, -0.15) is 0 Å². The molecule has 2 N–H and O–H groups in total. The summed E-state index contributed by atoms with van der Waals surface area (Å²) in [6.45, 7) is 0.606. The lowest BCUT2D eigenvalue weighted by Crippen LogP contribution is -2.39. The maximum absolute atomic E-state index is 12.1. The predicted octanol–water partition coefficient (Wildman–Crippen LogP) is 0.823. The summed E-state index contributed by atoms with van der Waals surface area (Å²) in [6.07, 6.45) is 5.52. The molecule has 0 aromatic carbocycles. The molecule has 1 fully saturated rings. The second kappa shape index (κ2) is 5.38. The second-order valence-corrected chi connectivity index (χ2v) is 5.40. The summed E-state index contributed by atoms with van der Waals surface area (Å²) < 4.78 is 0. The fourth-order valence-corrected chi connectivity index (χ4v) is 2.79. The molecule has 3 heterocycles. The zero-order valence-electron chi connectivity index (χ0n) is 10.5. The molecule has 0 spiro atoms. The standard InChI is InChI=1S/C13H12N4O2S/c18-11-9(3-6-15-11)17-12(19)10-7-16-13(20-10)8-1-4-14-5-2-8/h1-2,4-5,7,9H,3,6H2,(H,15,18)(H,17,19). The highest BCUT2D eigenvalue weighted by molar-refractivity contribution is 7.16. The third-order valence-electron chi connectivity index (χ3n) is 3.01. The molecule has 7 heteroatoms. The number of thiazole rings is 1. The van der Waals surface area contributed by atoms with Crippen LogP contribution in [0.15, 0.2) is 30.7 Å². The number of amides is 2. The average molecular weight is 288 g/mol. The van der Waals surface area contributed by atoms with Gasteiger partial charge in [0.05, 0.1) is 6.20 Å². The van der Waals surface area contributed by atoms with Crippen LogP contribution in [-0.2, 0) is 4.79 Å². The summed E-state index contributed by atoms with van der Waals surface area (Å²) >= 11 is 1.30. The Bertz CT molecular complexity index is 641. The average Bonchev–Trinajstić information content (AvgIpc) is 3.10. The summed E-state index contributed by atoms with van der Waals surface area (Å²) in [6, 6.07) is 3.24. The molecule has 2 amide bonds. The van der Waals surface area contributed by atoms with Crippen molar-refractivity contribution in [3.8, 4) is 10.6 Å². The van der Waals surface area contributed by atoms with E-state index in [9.17, 15) is 9.59 Å². The van der Waals surface area contributed by atoms with Gasteiger partial charge in [-0.25, -0.2) is 4.98 Å². The topological polar surface area (TPSA) is 84.0 Å². The van der Waals surface area contributed by atoms with Crippen LogP contribution in [0.5, 0.6) is 0 Å². The molecule has 0 bridgehead atoms. The van der Waals surface area contributed by atoms with Crippen molar-refractivity contribution >= 4 is 23.2 Å². The lowest BCUT2D eigenvalue weighted by molar-refractivity contribution is -0.120. The van der Waals surface area contributed by atoms with E-state index in [2.05, 4.69) is 20.6 Å². The molecule has 1 atom stereocenters. The van der Waals surface area contributed by atoms with E-state index < -0.39 is 6.04 Å². The Labute approximate surface area is 119 Å². The summed E-state index contributed by atoms with van der Waals surface area (Å²) in [5.74, 6) is -0.387. The van der Waals surface area contributed by atoms with E-state index in [4.69, 9.17) is 0 Å². The molecule has 0 saturated carbocycles. The largest absolute Gasteiger partial charge is 0.354 e. The van der Waals surface area contributed by atoms with Gasteiger partial charge in [-0.1, -0.05) is 0 Å². The van der Waals surface area contributed by atoms with Crippen LogP contribution in [0, 0.1) is 0 Å². The van der Waals surface area contributed by atoms with E-state index >= 15 is 0 Å². The number of carbonyl (C=O) groups excluding carboxylic acids is 2. The molecular weight excluding hydrogens is 276 g/mol. The van der Waals surface area contributed by atoms with E-state index in [1.54, 1.807) is 12.4 Å². The van der Waals surface area contributed by atoms with Gasteiger partial charge < -0.3 is 10.6 Å². The smallest absolute Gasteiger partial charge is 0.263 e. The third kappa shape index (κ3) is 2.53. The number of hydrogen-bond donors (Lipinski definition) is 2. The Morgan fingerprint density at radius 3 is 2.90 bits per heavy atom. The zero-order chi connectivity index (χ0) is 13.9. The quantitative estimate of drug-likeness (QED) is 0.876. The molecule has 1 saturated heterocycles. The minimum absolute atomic E-state index is 0.128. The molecular formula is C13H12N4O2S. The maximum atomic E-state index is 12.1. The summed E-state index contributed by atoms with van der Waals surface area (Å²) in [5, 5.41) is 6.16. The van der Waals surface area contributed by atoms with Crippen molar-refractivity contribution in [1.29, 1.82) is 0 Å². The van der Waals surface area contributed by atoms with Gasteiger partial charge in [-0.05, 0) is 18.6 Å². The normalized spacial score (nSPS) is 17.8. The van der Waals surface area contributed by atoms with Crippen LogP contribution in [0.4, 0.5) is 0 Å². The summed E-state index contributed by atoms with van der Waals surface area (Å²) in [5.41, 5.74) is 0.919. The van der Waals surface area contributed by atoms with E-state index in [0.29, 0.717) is 17.8 Å². The first-order valence-corrected chi connectivity index (χ1v) is 7.00. The van der Waals surface area contributed by atoms with Gasteiger partial charge in [-0.15, -0.1) is 11.3 Å². The Balaban J connectivity index is 1.73. The lowest BCUT2D eigenvalue weighted by Gasteiger charge is -2.07. The highest BCUT2D eigenvalue weighted by Crippen LogP contribution is 2.24. The molecule has 0 aliphatic carbocycles. The molecule has 3 rings (SSSR count). The highest BCUT2D eigenvalue weighted by atomic mass is 32.1. The van der Waals surface area contributed by atoms with E-state index in [-0.39, 0.29) is 11.8 Å². The van der Waals surface area contributed by atoms with Crippen molar-refractivity contribution in [2.45, 2.75) is 12.5 Å². The fourth-order valence-electron chi connectivity index (χ4n) is 1.97. The number of carbonyl (C=O) groups is 2. The second-order valence-electron chi connectivity index (χ2n) is 4.37. The first-order valence-electron chi connectivity index (χ1n) is 6.19. The van der Waals surface area contributed by atoms with Gasteiger partial charge in [0.2, 0.25) is 5.91 Å². The van der Waals surface area contributed by atoms with Crippen molar-refractivity contribution < 1.29 is 9.59 Å². The number of hydrogen-bond acceptors (Lipinski definition) is 5. The van der Waals surface area contributed by atoms with Crippen LogP contribution in [0.1, 0.15) is 16.1 Å². The van der Waals surface area contributed by atoms with Crippen molar-refractivity contribution in [2.75, 3.05) is 6.54 Å². The lowest BCUT2D eigenvalue weighted by atomic mass is 10.2. The Hall–Kier alpha value is -2.28. The van der Waals surface area contributed by atoms with Crippen molar-refractivity contribution in [1.82, 2.24) is 20.6 Å². The number of aromatic nitrogens is 2. The maximum Gasteiger partial charge on any atom is 0.263 e. The SMILES string of the molecule is O=C(NC1CCNC1=O)c1cnc(-c2ccncc2)s1. The summed E-state index contributed by atoms with van der Waals surface area (Å²) in [4.78, 5) is 32.2. The van der Waals surface area contributed by atoms with Gasteiger partial charge in [-0.3, -0.25) is 14.6 Å². The number of nitrogens with zero attached hydrogens (tertiary/aromatic N) is 2.